The number of hydrazone groups is 1. The molecule has 35 heavy (non-hydrogen) atoms. The third-order valence-corrected chi connectivity index (χ3v) is 7.81. The lowest BCUT2D eigenvalue weighted by molar-refractivity contribution is -0.115. The minimum absolute atomic E-state index is 0.0753. The highest BCUT2D eigenvalue weighted by Crippen LogP contribution is 2.40. The van der Waals surface area contributed by atoms with Gasteiger partial charge >= 0.3 is 0 Å². The number of hydrogen-bond acceptors (Lipinski definition) is 3. The maximum atomic E-state index is 13.4. The van der Waals surface area contributed by atoms with Gasteiger partial charge < -0.3 is 5.32 Å². The normalized spacial score (nSPS) is 20.6. The van der Waals surface area contributed by atoms with E-state index in [0.717, 1.165) is 36.9 Å². The van der Waals surface area contributed by atoms with Gasteiger partial charge in [0.15, 0.2) is 0 Å². The summed E-state index contributed by atoms with van der Waals surface area (Å²) in [5.74, 6) is -0.0753. The van der Waals surface area contributed by atoms with Crippen molar-refractivity contribution in [3.05, 3.63) is 63.1 Å². The molecule has 1 saturated carbocycles. The van der Waals surface area contributed by atoms with Gasteiger partial charge in [0, 0.05) is 22.5 Å². The lowest BCUT2D eigenvalue weighted by atomic mass is 9.97. The lowest BCUT2D eigenvalue weighted by Gasteiger charge is -2.25. The maximum absolute atomic E-state index is 13.4. The molecule has 2 aromatic rings. The lowest BCUT2D eigenvalue weighted by Crippen LogP contribution is -2.39. The van der Waals surface area contributed by atoms with E-state index in [1.54, 1.807) is 12.1 Å². The number of hydrogen-bond donors (Lipinski definition) is 1. The standard InChI is InChI=1S/C28H34Cl3N3O/c29-21-14-12-20(13-15-21)27-19-25(33-34(27)26-17-16-22(30)18-24(26)31)28(35)32-23-10-8-6-4-2-1-3-5-7-9-11-23/h12-18,23,27H,1-11,19H2,(H,32,35). The Kier molecular flexibility index (Phi) is 9.76. The summed E-state index contributed by atoms with van der Waals surface area (Å²) in [5.41, 5.74) is 2.28. The van der Waals surface area contributed by atoms with Crippen molar-refractivity contribution in [1.82, 2.24) is 5.32 Å². The molecule has 1 fully saturated rings. The first-order valence-corrected chi connectivity index (χ1v) is 14.0. The van der Waals surface area contributed by atoms with E-state index < -0.39 is 0 Å². The predicted octanol–water partition coefficient (Wildman–Crippen LogP) is 8.74. The van der Waals surface area contributed by atoms with Crippen molar-refractivity contribution in [2.24, 2.45) is 5.10 Å². The van der Waals surface area contributed by atoms with Gasteiger partial charge in [-0.3, -0.25) is 9.80 Å². The Morgan fingerprint density at radius 3 is 1.97 bits per heavy atom. The fourth-order valence-electron chi connectivity index (χ4n) is 5.06. The van der Waals surface area contributed by atoms with Crippen LogP contribution in [0.2, 0.25) is 15.1 Å². The average molecular weight is 535 g/mol. The molecule has 1 aliphatic carbocycles. The summed E-state index contributed by atoms with van der Waals surface area (Å²) < 4.78 is 0. The van der Waals surface area contributed by atoms with Gasteiger partial charge in [-0.1, -0.05) is 105 Å². The molecule has 1 aliphatic heterocycles. The summed E-state index contributed by atoms with van der Waals surface area (Å²) in [6.45, 7) is 0. The molecule has 1 heterocycles. The van der Waals surface area contributed by atoms with E-state index in [0.29, 0.717) is 27.2 Å². The van der Waals surface area contributed by atoms with Crippen LogP contribution >= 0.6 is 34.8 Å². The highest BCUT2D eigenvalue weighted by atomic mass is 35.5. The Morgan fingerprint density at radius 2 is 1.37 bits per heavy atom. The third kappa shape index (κ3) is 7.38. The SMILES string of the molecule is O=C(NC1CCCCCCCCCCC1)C1=NN(c2ccc(Cl)cc2Cl)C(c2ccc(Cl)cc2)C1. The molecule has 188 valence electrons. The van der Waals surface area contributed by atoms with Gasteiger partial charge in [0.25, 0.3) is 5.91 Å². The summed E-state index contributed by atoms with van der Waals surface area (Å²) in [7, 11) is 0. The number of amides is 1. The van der Waals surface area contributed by atoms with Gasteiger partial charge in [0.05, 0.1) is 16.8 Å². The van der Waals surface area contributed by atoms with Crippen LogP contribution in [0.5, 0.6) is 0 Å². The molecule has 0 bridgehead atoms. The summed E-state index contributed by atoms with van der Waals surface area (Å²) in [6, 6.07) is 13.1. The smallest absolute Gasteiger partial charge is 0.267 e. The molecule has 0 aromatic heterocycles. The number of halogens is 3. The maximum Gasteiger partial charge on any atom is 0.267 e. The monoisotopic (exact) mass is 533 g/mol. The number of carbonyl (C=O) groups is 1. The van der Waals surface area contributed by atoms with Crippen molar-refractivity contribution in [2.75, 3.05) is 5.01 Å². The first kappa shape index (κ1) is 26.3. The predicted molar refractivity (Wildman–Crippen MR) is 148 cm³/mol. The van der Waals surface area contributed by atoms with E-state index in [1.807, 2.05) is 35.3 Å². The second-order valence-corrected chi connectivity index (χ2v) is 11.0. The van der Waals surface area contributed by atoms with Crippen LogP contribution in [0.4, 0.5) is 5.69 Å². The fourth-order valence-corrected chi connectivity index (χ4v) is 5.68. The van der Waals surface area contributed by atoms with E-state index in [9.17, 15) is 4.79 Å². The van der Waals surface area contributed by atoms with Gasteiger partial charge in [-0.05, 0) is 48.7 Å². The van der Waals surface area contributed by atoms with Crippen LogP contribution in [0.15, 0.2) is 47.6 Å². The van der Waals surface area contributed by atoms with Crippen LogP contribution in [0.1, 0.15) is 88.7 Å². The topological polar surface area (TPSA) is 44.7 Å². The Morgan fingerprint density at radius 1 is 0.800 bits per heavy atom. The van der Waals surface area contributed by atoms with E-state index >= 15 is 0 Å². The molecule has 1 N–H and O–H groups in total. The first-order chi connectivity index (χ1) is 17.0. The van der Waals surface area contributed by atoms with Crippen LogP contribution in [0.25, 0.3) is 0 Å². The molecule has 0 radical (unpaired) electrons. The summed E-state index contributed by atoms with van der Waals surface area (Å²) >= 11 is 18.8. The fraction of sp³-hybridized carbons (Fsp3) is 0.500. The van der Waals surface area contributed by atoms with Crippen LogP contribution in [0.3, 0.4) is 0 Å². The zero-order valence-corrected chi connectivity index (χ0v) is 22.4. The Hall–Kier alpha value is -1.75. The number of benzene rings is 2. The molecule has 1 atom stereocenters. The van der Waals surface area contributed by atoms with Crippen LogP contribution in [0, 0.1) is 0 Å². The van der Waals surface area contributed by atoms with Gasteiger partial charge in [0.2, 0.25) is 0 Å². The molecule has 0 spiro atoms. The van der Waals surface area contributed by atoms with Crippen LogP contribution in [-0.4, -0.2) is 17.7 Å². The van der Waals surface area contributed by atoms with Crippen molar-refractivity contribution in [3.63, 3.8) is 0 Å². The largest absolute Gasteiger partial charge is 0.348 e. The molecular weight excluding hydrogens is 501 g/mol. The zero-order chi connectivity index (χ0) is 24.6. The highest BCUT2D eigenvalue weighted by molar-refractivity contribution is 6.40. The van der Waals surface area contributed by atoms with Gasteiger partial charge in [-0.2, -0.15) is 5.10 Å². The number of carbonyl (C=O) groups excluding carboxylic acids is 1. The number of anilines is 1. The van der Waals surface area contributed by atoms with E-state index in [1.165, 1.54) is 44.9 Å². The van der Waals surface area contributed by atoms with Crippen molar-refractivity contribution < 1.29 is 4.79 Å². The van der Waals surface area contributed by atoms with Gasteiger partial charge in [0.1, 0.15) is 5.71 Å². The number of nitrogens with one attached hydrogen (secondary N) is 1. The summed E-state index contributed by atoms with van der Waals surface area (Å²) in [4.78, 5) is 13.4. The van der Waals surface area contributed by atoms with Crippen molar-refractivity contribution >= 4 is 52.1 Å². The number of nitrogens with zero attached hydrogens (tertiary/aromatic N) is 2. The summed E-state index contributed by atoms with van der Waals surface area (Å²) in [6.07, 6.45) is 14.0. The van der Waals surface area contributed by atoms with E-state index in [4.69, 9.17) is 39.9 Å². The second-order valence-electron chi connectivity index (χ2n) is 9.69. The van der Waals surface area contributed by atoms with Gasteiger partial charge in [-0.25, -0.2) is 0 Å². The molecule has 7 heteroatoms. The molecule has 4 rings (SSSR count). The van der Waals surface area contributed by atoms with Crippen molar-refractivity contribution in [3.8, 4) is 0 Å². The van der Waals surface area contributed by atoms with E-state index in [2.05, 4.69) is 5.32 Å². The Labute approximate surface area is 224 Å². The quantitative estimate of drug-likeness (QED) is 0.426. The molecule has 2 aliphatic rings. The minimum Gasteiger partial charge on any atom is -0.348 e. The Bertz CT molecular complexity index is 1010. The van der Waals surface area contributed by atoms with Crippen molar-refractivity contribution in [1.29, 1.82) is 0 Å². The summed E-state index contributed by atoms with van der Waals surface area (Å²) in [5, 5.41) is 11.7. The molecule has 1 unspecified atom stereocenters. The Balaban J connectivity index is 1.51. The average Bonchev–Trinajstić information content (AvgIpc) is 3.26. The number of rotatable bonds is 4. The third-order valence-electron chi connectivity index (χ3n) is 7.02. The van der Waals surface area contributed by atoms with E-state index in [-0.39, 0.29) is 18.0 Å². The molecule has 1 amide bonds. The molecule has 4 nitrogen and oxygen atoms in total. The van der Waals surface area contributed by atoms with Crippen molar-refractivity contribution in [2.45, 2.75) is 89.1 Å². The second kappa shape index (κ2) is 13.0. The molecule has 2 aromatic carbocycles. The highest BCUT2D eigenvalue weighted by Gasteiger charge is 2.34. The zero-order valence-electron chi connectivity index (χ0n) is 20.1. The first-order valence-electron chi connectivity index (χ1n) is 12.9. The van der Waals surface area contributed by atoms with Gasteiger partial charge in [-0.15, -0.1) is 0 Å². The van der Waals surface area contributed by atoms with Crippen LogP contribution < -0.4 is 10.3 Å². The molecule has 0 saturated heterocycles. The van der Waals surface area contributed by atoms with Crippen LogP contribution in [-0.2, 0) is 4.79 Å². The minimum atomic E-state index is -0.150. The molecular formula is C28H34Cl3N3O.